The summed E-state index contributed by atoms with van der Waals surface area (Å²) in [5, 5.41) is 3.00. The molecule has 0 aliphatic rings. The third-order valence-corrected chi connectivity index (χ3v) is 8.84. The first-order valence-corrected chi connectivity index (χ1v) is 15.9. The molecule has 0 spiro atoms. The van der Waals surface area contributed by atoms with Gasteiger partial charge in [0.1, 0.15) is 12.6 Å². The van der Waals surface area contributed by atoms with Gasteiger partial charge >= 0.3 is 0 Å². The predicted molar refractivity (Wildman–Crippen MR) is 170 cm³/mol. The number of nitrogens with zero attached hydrogens (tertiary/aromatic N) is 2. The van der Waals surface area contributed by atoms with Gasteiger partial charge in [0.15, 0.2) is 0 Å². The van der Waals surface area contributed by atoms with Gasteiger partial charge in [0.25, 0.3) is 10.0 Å². The molecule has 1 atom stereocenters. The van der Waals surface area contributed by atoms with E-state index >= 15 is 0 Å². The zero-order valence-corrected chi connectivity index (χ0v) is 27.0. The van der Waals surface area contributed by atoms with Crippen molar-refractivity contribution in [2.24, 2.45) is 0 Å². The summed E-state index contributed by atoms with van der Waals surface area (Å²) < 4.78 is 29.3. The molecule has 0 unspecified atom stereocenters. The van der Waals surface area contributed by atoms with Crippen LogP contribution in [-0.4, -0.2) is 43.3 Å². The molecule has 0 aromatic heterocycles. The van der Waals surface area contributed by atoms with E-state index in [1.807, 2.05) is 77.9 Å². The number of aryl methyl sites for hydroxylation is 2. The average molecular weight is 592 g/mol. The first-order chi connectivity index (χ1) is 19.6. The highest BCUT2D eigenvalue weighted by Gasteiger charge is 2.34. The molecule has 0 aliphatic heterocycles. The third kappa shape index (κ3) is 8.44. The van der Waals surface area contributed by atoms with E-state index in [1.54, 1.807) is 36.4 Å². The summed E-state index contributed by atoms with van der Waals surface area (Å²) in [4.78, 5) is 29.3. The van der Waals surface area contributed by atoms with E-state index in [2.05, 4.69) is 19.2 Å². The van der Waals surface area contributed by atoms with E-state index in [-0.39, 0.29) is 23.3 Å². The Hall–Kier alpha value is -3.65. The van der Waals surface area contributed by atoms with Crippen LogP contribution in [0.3, 0.4) is 0 Å². The number of hydrogen-bond acceptors (Lipinski definition) is 4. The van der Waals surface area contributed by atoms with Gasteiger partial charge in [-0.2, -0.15) is 0 Å². The van der Waals surface area contributed by atoms with E-state index in [1.165, 1.54) is 4.90 Å². The maximum atomic E-state index is 14.2. The van der Waals surface area contributed by atoms with Gasteiger partial charge in [-0.05, 0) is 82.3 Å². The monoisotopic (exact) mass is 591 g/mol. The highest BCUT2D eigenvalue weighted by atomic mass is 32.2. The fraction of sp³-hybridized carbons (Fsp3) is 0.412. The molecule has 0 saturated carbocycles. The molecule has 7 nitrogen and oxygen atoms in total. The van der Waals surface area contributed by atoms with Gasteiger partial charge in [-0.3, -0.25) is 13.9 Å². The van der Waals surface area contributed by atoms with Crippen molar-refractivity contribution in [2.45, 2.75) is 90.7 Å². The van der Waals surface area contributed by atoms with Crippen LogP contribution in [0.2, 0.25) is 0 Å². The van der Waals surface area contributed by atoms with Crippen molar-refractivity contribution in [3.05, 3.63) is 95.1 Å². The standard InChI is InChI=1S/C34H45N3O4S/c1-9-31(33(39)35-34(6,7)8)36(22-27-12-10-11-26(5)21-27)32(38)23-37(29-17-15-28(16-18-29)24(2)3)42(40,41)30-19-13-25(4)14-20-30/h10-21,24,31H,9,22-23H2,1-8H3,(H,35,39)/t31-/m1/s1. The first kappa shape index (κ1) is 32.9. The molecule has 2 amide bonds. The zero-order valence-electron chi connectivity index (χ0n) is 26.1. The van der Waals surface area contributed by atoms with E-state index in [4.69, 9.17) is 0 Å². The van der Waals surface area contributed by atoms with Crippen LogP contribution in [0, 0.1) is 13.8 Å². The van der Waals surface area contributed by atoms with E-state index in [0.29, 0.717) is 12.1 Å². The Labute approximate surface area is 252 Å². The van der Waals surface area contributed by atoms with Crippen LogP contribution in [0.15, 0.2) is 77.7 Å². The molecular formula is C34H45N3O4S. The molecule has 0 saturated heterocycles. The zero-order chi connectivity index (χ0) is 31.2. The van der Waals surface area contributed by atoms with Crippen molar-refractivity contribution in [3.8, 4) is 0 Å². The van der Waals surface area contributed by atoms with Crippen molar-refractivity contribution in [1.29, 1.82) is 0 Å². The van der Waals surface area contributed by atoms with Crippen molar-refractivity contribution < 1.29 is 18.0 Å². The maximum absolute atomic E-state index is 14.2. The highest BCUT2D eigenvalue weighted by Crippen LogP contribution is 2.27. The number of rotatable bonds is 11. The lowest BCUT2D eigenvalue weighted by Crippen LogP contribution is -2.55. The summed E-state index contributed by atoms with van der Waals surface area (Å²) in [5.41, 5.74) is 3.76. The van der Waals surface area contributed by atoms with Crippen LogP contribution in [0.4, 0.5) is 5.69 Å². The molecule has 42 heavy (non-hydrogen) atoms. The third-order valence-electron chi connectivity index (χ3n) is 7.06. The summed E-state index contributed by atoms with van der Waals surface area (Å²) in [6.07, 6.45) is 0.368. The number of amides is 2. The van der Waals surface area contributed by atoms with Crippen molar-refractivity contribution >= 4 is 27.5 Å². The number of sulfonamides is 1. The summed E-state index contributed by atoms with van der Waals surface area (Å²) in [6, 6.07) is 20.8. The number of hydrogen-bond donors (Lipinski definition) is 1. The Bertz CT molecular complexity index is 1470. The minimum atomic E-state index is -4.11. The van der Waals surface area contributed by atoms with Crippen LogP contribution in [-0.2, 0) is 26.2 Å². The van der Waals surface area contributed by atoms with Gasteiger partial charge in [0.2, 0.25) is 11.8 Å². The Morgan fingerprint density at radius 2 is 1.50 bits per heavy atom. The van der Waals surface area contributed by atoms with E-state index in [0.717, 1.165) is 26.6 Å². The molecule has 0 bridgehead atoms. The molecule has 1 N–H and O–H groups in total. The Balaban J connectivity index is 2.09. The fourth-order valence-electron chi connectivity index (χ4n) is 4.77. The summed E-state index contributed by atoms with van der Waals surface area (Å²) in [7, 11) is -4.11. The van der Waals surface area contributed by atoms with Gasteiger partial charge in [0, 0.05) is 12.1 Å². The minimum absolute atomic E-state index is 0.0941. The summed E-state index contributed by atoms with van der Waals surface area (Å²) in [5.74, 6) is -0.476. The highest BCUT2D eigenvalue weighted by molar-refractivity contribution is 7.92. The van der Waals surface area contributed by atoms with E-state index in [9.17, 15) is 18.0 Å². The largest absolute Gasteiger partial charge is 0.350 e. The van der Waals surface area contributed by atoms with E-state index < -0.39 is 34.1 Å². The predicted octanol–water partition coefficient (Wildman–Crippen LogP) is 6.34. The summed E-state index contributed by atoms with van der Waals surface area (Å²) in [6.45, 7) is 15.2. The Morgan fingerprint density at radius 1 is 0.881 bits per heavy atom. The quantitative estimate of drug-likeness (QED) is 0.282. The molecular weight excluding hydrogens is 546 g/mol. The van der Waals surface area contributed by atoms with Crippen LogP contribution in [0.25, 0.3) is 0 Å². The molecule has 8 heteroatoms. The second-order valence-corrected chi connectivity index (χ2v) is 14.1. The Morgan fingerprint density at radius 3 is 2.02 bits per heavy atom. The number of carbonyl (C=O) groups is 2. The van der Waals surface area contributed by atoms with Crippen molar-refractivity contribution in [2.75, 3.05) is 10.8 Å². The van der Waals surface area contributed by atoms with Gasteiger partial charge in [-0.25, -0.2) is 8.42 Å². The van der Waals surface area contributed by atoms with Gasteiger partial charge in [-0.15, -0.1) is 0 Å². The van der Waals surface area contributed by atoms with Crippen molar-refractivity contribution in [3.63, 3.8) is 0 Å². The topological polar surface area (TPSA) is 86.8 Å². The van der Waals surface area contributed by atoms with Crippen molar-refractivity contribution in [1.82, 2.24) is 10.2 Å². The molecule has 0 radical (unpaired) electrons. The molecule has 0 heterocycles. The van der Waals surface area contributed by atoms with Crippen LogP contribution >= 0.6 is 0 Å². The molecule has 226 valence electrons. The SMILES string of the molecule is CC[C@H](C(=O)NC(C)(C)C)N(Cc1cccc(C)c1)C(=O)CN(c1ccc(C(C)C)cc1)S(=O)(=O)c1ccc(C)cc1. The first-order valence-electron chi connectivity index (χ1n) is 14.5. The van der Waals surface area contributed by atoms with Gasteiger partial charge in [-0.1, -0.05) is 80.4 Å². The number of anilines is 1. The van der Waals surface area contributed by atoms with Crippen LogP contribution in [0.1, 0.15) is 76.1 Å². The lowest BCUT2D eigenvalue weighted by Gasteiger charge is -2.35. The average Bonchev–Trinajstić information content (AvgIpc) is 2.90. The minimum Gasteiger partial charge on any atom is -0.350 e. The van der Waals surface area contributed by atoms with Crippen LogP contribution < -0.4 is 9.62 Å². The smallest absolute Gasteiger partial charge is 0.264 e. The number of nitrogens with one attached hydrogen (secondary N) is 1. The second kappa shape index (κ2) is 13.6. The Kier molecular flexibility index (Phi) is 10.6. The van der Waals surface area contributed by atoms with Gasteiger partial charge in [0.05, 0.1) is 10.6 Å². The molecule has 3 aromatic carbocycles. The molecule has 0 fully saturated rings. The normalized spacial score (nSPS) is 12.6. The van der Waals surface area contributed by atoms with Gasteiger partial charge < -0.3 is 10.2 Å². The lowest BCUT2D eigenvalue weighted by molar-refractivity contribution is -0.141. The number of carbonyl (C=O) groups excluding carboxylic acids is 2. The lowest BCUT2D eigenvalue weighted by atomic mass is 10.0. The maximum Gasteiger partial charge on any atom is 0.264 e. The van der Waals surface area contributed by atoms with Crippen LogP contribution in [0.5, 0.6) is 0 Å². The molecule has 0 aliphatic carbocycles. The molecule has 3 rings (SSSR count). The summed E-state index contributed by atoms with van der Waals surface area (Å²) >= 11 is 0. The fourth-order valence-corrected chi connectivity index (χ4v) is 6.19. The molecule has 3 aromatic rings. The number of benzene rings is 3. The second-order valence-electron chi connectivity index (χ2n) is 12.2.